The van der Waals surface area contributed by atoms with Crippen LogP contribution in [0.25, 0.3) is 0 Å². The molecule has 2 aromatic heterocycles. The third kappa shape index (κ3) is 5.15. The van der Waals surface area contributed by atoms with E-state index in [1.54, 1.807) is 6.92 Å². The lowest BCUT2D eigenvalue weighted by molar-refractivity contribution is -0.113. The van der Waals surface area contributed by atoms with Gasteiger partial charge >= 0.3 is 5.69 Å². The third-order valence-corrected chi connectivity index (χ3v) is 5.06. The Bertz CT molecular complexity index is 1180. The van der Waals surface area contributed by atoms with Crippen LogP contribution < -0.4 is 16.6 Å². The molecule has 30 heavy (non-hydrogen) atoms. The summed E-state index contributed by atoms with van der Waals surface area (Å²) in [5.74, 6) is 0.112. The number of H-pyrrole nitrogens is 1. The van der Waals surface area contributed by atoms with Crippen molar-refractivity contribution >= 4 is 23.4 Å². The quantitative estimate of drug-likeness (QED) is 0.416. The number of thioether (sulfide) groups is 1. The smallest absolute Gasteiger partial charge is 0.328 e. The topological polar surface area (TPSA) is 123 Å². The van der Waals surface area contributed by atoms with E-state index in [-0.39, 0.29) is 35.7 Å². The first-order chi connectivity index (χ1) is 14.4. The van der Waals surface area contributed by atoms with E-state index in [2.05, 4.69) is 27.1 Å². The van der Waals surface area contributed by atoms with Crippen molar-refractivity contribution in [2.75, 3.05) is 11.1 Å². The highest BCUT2D eigenvalue weighted by Crippen LogP contribution is 2.18. The summed E-state index contributed by atoms with van der Waals surface area (Å²) in [6, 6.07) is 7.48. The Morgan fingerprint density at radius 3 is 2.70 bits per heavy atom. The molecule has 2 heterocycles. The van der Waals surface area contributed by atoms with E-state index in [0.717, 1.165) is 21.9 Å². The molecule has 0 fully saturated rings. The van der Waals surface area contributed by atoms with Crippen LogP contribution in [0.5, 0.6) is 0 Å². The van der Waals surface area contributed by atoms with E-state index in [9.17, 15) is 14.4 Å². The number of aromatic nitrogens is 4. The first kappa shape index (κ1) is 21.3. The van der Waals surface area contributed by atoms with Gasteiger partial charge in [-0.3, -0.25) is 14.2 Å². The summed E-state index contributed by atoms with van der Waals surface area (Å²) in [6.45, 7) is 7.26. The van der Waals surface area contributed by atoms with Gasteiger partial charge in [0, 0.05) is 23.5 Å². The number of nitrogens with zero attached hydrogens (tertiary/aromatic N) is 3. The monoisotopic (exact) mass is 427 g/mol. The predicted molar refractivity (Wildman–Crippen MR) is 114 cm³/mol. The number of hydrogen-bond donors (Lipinski definition) is 2. The molecule has 0 spiro atoms. The van der Waals surface area contributed by atoms with Gasteiger partial charge in [-0.1, -0.05) is 35.5 Å². The molecule has 0 unspecified atom stereocenters. The number of aryl methyl sites for hydroxylation is 2. The maximum Gasteiger partial charge on any atom is 0.328 e. The van der Waals surface area contributed by atoms with Crippen LogP contribution in [0, 0.1) is 13.8 Å². The van der Waals surface area contributed by atoms with Crippen molar-refractivity contribution in [3.63, 3.8) is 0 Å². The maximum atomic E-state index is 12.6. The van der Waals surface area contributed by atoms with Crippen LogP contribution in [0.4, 0.5) is 5.69 Å². The lowest BCUT2D eigenvalue weighted by Crippen LogP contribution is -2.37. The average molecular weight is 427 g/mol. The minimum absolute atomic E-state index is 0.0711. The summed E-state index contributed by atoms with van der Waals surface area (Å²) in [5, 5.41) is 10.9. The number of anilines is 1. The van der Waals surface area contributed by atoms with Gasteiger partial charge in [0.05, 0.1) is 12.2 Å². The van der Waals surface area contributed by atoms with Crippen LogP contribution in [0.2, 0.25) is 0 Å². The van der Waals surface area contributed by atoms with E-state index in [4.69, 9.17) is 4.42 Å². The van der Waals surface area contributed by atoms with Crippen molar-refractivity contribution < 1.29 is 9.21 Å². The van der Waals surface area contributed by atoms with Crippen LogP contribution >= 0.6 is 11.8 Å². The molecule has 10 heteroatoms. The van der Waals surface area contributed by atoms with Gasteiger partial charge in [0.25, 0.3) is 10.8 Å². The predicted octanol–water partition coefficient (Wildman–Crippen LogP) is 2.04. The molecule has 156 valence electrons. The minimum Gasteiger partial charge on any atom is -0.416 e. The Morgan fingerprint density at radius 1 is 1.27 bits per heavy atom. The number of benzene rings is 1. The Hall–Kier alpha value is -3.40. The fraction of sp³-hybridized carbons (Fsp3) is 0.250. The second-order valence-corrected chi connectivity index (χ2v) is 7.51. The molecule has 0 aliphatic heterocycles. The number of nitrogens with one attached hydrogen (secondary N) is 2. The fourth-order valence-electron chi connectivity index (χ4n) is 2.70. The summed E-state index contributed by atoms with van der Waals surface area (Å²) in [4.78, 5) is 39.2. The van der Waals surface area contributed by atoms with Crippen LogP contribution in [-0.4, -0.2) is 31.4 Å². The lowest BCUT2D eigenvalue weighted by Gasteiger charge is -2.06. The van der Waals surface area contributed by atoms with Gasteiger partial charge in [-0.2, -0.15) is 0 Å². The highest BCUT2D eigenvalue weighted by molar-refractivity contribution is 7.99. The number of carbonyl (C=O) groups excluding carboxylic acids is 1. The minimum atomic E-state index is -0.498. The molecule has 0 aliphatic rings. The molecule has 0 saturated carbocycles. The first-order valence-electron chi connectivity index (χ1n) is 9.12. The summed E-state index contributed by atoms with van der Waals surface area (Å²) >= 11 is 1.10. The van der Waals surface area contributed by atoms with Gasteiger partial charge in [0.2, 0.25) is 11.8 Å². The second kappa shape index (κ2) is 9.40. The van der Waals surface area contributed by atoms with Crippen molar-refractivity contribution in [1.82, 2.24) is 19.7 Å². The van der Waals surface area contributed by atoms with Crippen molar-refractivity contribution in [3.05, 3.63) is 80.5 Å². The molecule has 9 nitrogen and oxygen atoms in total. The highest BCUT2D eigenvalue weighted by Gasteiger charge is 2.16. The zero-order chi connectivity index (χ0) is 21.7. The van der Waals surface area contributed by atoms with E-state index in [0.29, 0.717) is 16.9 Å². The number of amides is 1. The Morgan fingerprint density at radius 2 is 2.00 bits per heavy atom. The van der Waals surface area contributed by atoms with E-state index >= 15 is 0 Å². The van der Waals surface area contributed by atoms with Crippen LogP contribution in [-0.2, 0) is 17.8 Å². The standard InChI is InChI=1S/C20H21N5O4S/c1-4-9-25-18(27)15(13(3)21-19(25)28)10-17-23-24-20(29-17)30-11-16(26)22-14-7-5-12(2)6-8-14/h4-8H,1,9-11H2,2-3H3,(H,21,28)(H,22,26). The number of allylic oxidation sites excluding steroid dienone is 1. The maximum absolute atomic E-state index is 12.6. The first-order valence-corrected chi connectivity index (χ1v) is 10.1. The molecule has 3 rings (SSSR count). The molecule has 0 atom stereocenters. The summed E-state index contributed by atoms with van der Waals surface area (Å²) < 4.78 is 6.60. The molecule has 0 saturated heterocycles. The van der Waals surface area contributed by atoms with E-state index < -0.39 is 11.2 Å². The van der Waals surface area contributed by atoms with Gasteiger partial charge < -0.3 is 14.7 Å². The molecule has 0 bridgehead atoms. The molecule has 0 aliphatic carbocycles. The van der Waals surface area contributed by atoms with E-state index in [1.807, 2.05) is 31.2 Å². The molecule has 1 amide bonds. The second-order valence-electron chi connectivity index (χ2n) is 6.58. The van der Waals surface area contributed by atoms with Crippen molar-refractivity contribution in [2.45, 2.75) is 32.0 Å². The van der Waals surface area contributed by atoms with Gasteiger partial charge in [-0.15, -0.1) is 16.8 Å². The molecule has 3 aromatic rings. The molecule has 2 N–H and O–H groups in total. The largest absolute Gasteiger partial charge is 0.416 e. The molecular weight excluding hydrogens is 406 g/mol. The zero-order valence-electron chi connectivity index (χ0n) is 16.6. The van der Waals surface area contributed by atoms with Crippen LogP contribution in [0.15, 0.2) is 56.1 Å². The van der Waals surface area contributed by atoms with Crippen LogP contribution in [0.1, 0.15) is 22.7 Å². The zero-order valence-corrected chi connectivity index (χ0v) is 17.4. The number of carbonyl (C=O) groups is 1. The Balaban J connectivity index is 1.64. The molecule has 0 radical (unpaired) electrons. The number of hydrogen-bond acceptors (Lipinski definition) is 7. The van der Waals surface area contributed by atoms with Gasteiger partial charge in [0.1, 0.15) is 0 Å². The number of rotatable bonds is 8. The average Bonchev–Trinajstić information content (AvgIpc) is 3.16. The summed E-state index contributed by atoms with van der Waals surface area (Å²) in [6.07, 6.45) is 1.54. The van der Waals surface area contributed by atoms with E-state index in [1.165, 1.54) is 6.08 Å². The van der Waals surface area contributed by atoms with Crippen molar-refractivity contribution in [2.24, 2.45) is 0 Å². The van der Waals surface area contributed by atoms with Gasteiger partial charge in [-0.05, 0) is 26.0 Å². The summed E-state index contributed by atoms with van der Waals surface area (Å²) in [5.41, 5.74) is 1.68. The fourth-order valence-corrected chi connectivity index (χ4v) is 3.28. The normalized spacial score (nSPS) is 10.7. The Labute approximate surface area is 176 Å². The Kier molecular flexibility index (Phi) is 6.68. The van der Waals surface area contributed by atoms with Gasteiger partial charge in [0.15, 0.2) is 0 Å². The van der Waals surface area contributed by atoms with Crippen molar-refractivity contribution in [1.29, 1.82) is 0 Å². The van der Waals surface area contributed by atoms with Gasteiger partial charge in [-0.25, -0.2) is 4.79 Å². The van der Waals surface area contributed by atoms with Crippen molar-refractivity contribution in [3.8, 4) is 0 Å². The number of aromatic amines is 1. The SMILES string of the molecule is C=CCn1c(=O)[nH]c(C)c(Cc2nnc(SCC(=O)Nc3ccc(C)cc3)o2)c1=O. The third-order valence-electron chi connectivity index (χ3n) is 4.25. The molecular formula is C20H21N5O4S. The van der Waals surface area contributed by atoms with Crippen LogP contribution in [0.3, 0.4) is 0 Å². The summed E-state index contributed by atoms with van der Waals surface area (Å²) in [7, 11) is 0. The highest BCUT2D eigenvalue weighted by atomic mass is 32.2. The lowest BCUT2D eigenvalue weighted by atomic mass is 10.1. The molecule has 1 aromatic carbocycles.